The lowest BCUT2D eigenvalue weighted by molar-refractivity contribution is 0.355. The molecule has 5 rings (SSSR count). The predicted octanol–water partition coefficient (Wildman–Crippen LogP) is 7.12. The minimum Gasteiger partial charge on any atom is -0.493 e. The zero-order valence-corrected chi connectivity index (χ0v) is 20.8. The molecule has 0 spiro atoms. The highest BCUT2D eigenvalue weighted by molar-refractivity contribution is 6.03. The Hall–Kier alpha value is -4.82. The van der Waals surface area contributed by atoms with Gasteiger partial charge in [-0.05, 0) is 58.7 Å². The highest BCUT2D eigenvalue weighted by Crippen LogP contribution is 2.37. The molecule has 0 amide bonds. The Bertz CT molecular complexity index is 1470. The Balaban J connectivity index is 1.46. The van der Waals surface area contributed by atoms with E-state index in [1.165, 1.54) is 5.56 Å². The number of methoxy groups -OCH3 is 2. The molecule has 0 saturated heterocycles. The van der Waals surface area contributed by atoms with Gasteiger partial charge in [0.05, 0.1) is 43.3 Å². The van der Waals surface area contributed by atoms with Crippen LogP contribution in [0, 0.1) is 11.3 Å². The van der Waals surface area contributed by atoms with Crippen molar-refractivity contribution in [2.45, 2.75) is 12.5 Å². The molecule has 182 valence electrons. The van der Waals surface area contributed by atoms with Crippen LogP contribution in [0.2, 0.25) is 0 Å². The minimum absolute atomic E-state index is 0.110. The van der Waals surface area contributed by atoms with Gasteiger partial charge < -0.3 is 9.47 Å². The topological polar surface area (TPSA) is 57.8 Å². The summed E-state index contributed by atoms with van der Waals surface area (Å²) in [6.07, 6.45) is 2.70. The molecule has 1 heterocycles. The number of nitriles is 1. The highest BCUT2D eigenvalue weighted by Gasteiger charge is 2.29. The second kappa shape index (κ2) is 10.8. The predicted molar refractivity (Wildman–Crippen MR) is 149 cm³/mol. The average molecular weight is 486 g/mol. The van der Waals surface area contributed by atoms with Crippen molar-refractivity contribution in [2.24, 2.45) is 5.10 Å². The fourth-order valence-corrected chi connectivity index (χ4v) is 4.56. The highest BCUT2D eigenvalue weighted by atomic mass is 16.5. The van der Waals surface area contributed by atoms with Crippen molar-refractivity contribution in [2.75, 3.05) is 19.2 Å². The minimum atomic E-state index is 0.110. The third-order valence-corrected chi connectivity index (χ3v) is 6.49. The molecule has 0 aliphatic carbocycles. The number of hydrogen-bond donors (Lipinski definition) is 0. The quantitative estimate of drug-likeness (QED) is 0.206. The van der Waals surface area contributed by atoms with Gasteiger partial charge in [0.15, 0.2) is 11.5 Å². The van der Waals surface area contributed by atoms with Crippen LogP contribution in [-0.4, -0.2) is 19.9 Å². The Kier molecular flexibility index (Phi) is 7.00. The van der Waals surface area contributed by atoms with Crippen LogP contribution in [0.4, 0.5) is 5.69 Å². The summed E-state index contributed by atoms with van der Waals surface area (Å²) in [7, 11) is 3.18. The summed E-state index contributed by atoms with van der Waals surface area (Å²) in [5.41, 5.74) is 6.67. The van der Waals surface area contributed by atoms with Crippen molar-refractivity contribution >= 4 is 23.0 Å². The Labute approximate surface area is 217 Å². The van der Waals surface area contributed by atoms with Crippen LogP contribution in [0.3, 0.4) is 0 Å². The smallest absolute Gasteiger partial charge is 0.161 e. The Morgan fingerprint density at radius 3 is 2.19 bits per heavy atom. The lowest BCUT2D eigenvalue weighted by atomic mass is 9.98. The molecule has 4 aromatic carbocycles. The molecular weight excluding hydrogens is 458 g/mol. The fourth-order valence-electron chi connectivity index (χ4n) is 4.56. The van der Waals surface area contributed by atoms with Gasteiger partial charge in [-0.3, -0.25) is 5.01 Å². The number of hydrazone groups is 1. The van der Waals surface area contributed by atoms with Gasteiger partial charge in [0.1, 0.15) is 0 Å². The second-order valence-corrected chi connectivity index (χ2v) is 8.72. The summed E-state index contributed by atoms with van der Waals surface area (Å²) in [5.74, 6) is 1.21. The van der Waals surface area contributed by atoms with Crippen LogP contribution in [0.1, 0.15) is 34.7 Å². The Morgan fingerprint density at radius 1 is 0.865 bits per heavy atom. The number of rotatable bonds is 7. The summed E-state index contributed by atoms with van der Waals surface area (Å²) in [6.45, 7) is 0. The van der Waals surface area contributed by atoms with Crippen LogP contribution < -0.4 is 14.5 Å². The van der Waals surface area contributed by atoms with Gasteiger partial charge in [0, 0.05) is 6.42 Å². The number of anilines is 1. The van der Waals surface area contributed by atoms with E-state index in [0.717, 1.165) is 34.5 Å². The van der Waals surface area contributed by atoms with Crippen LogP contribution in [0.5, 0.6) is 11.5 Å². The molecule has 0 aromatic heterocycles. The van der Waals surface area contributed by atoms with Crippen molar-refractivity contribution in [3.63, 3.8) is 0 Å². The lowest BCUT2D eigenvalue weighted by Crippen LogP contribution is -2.18. The molecule has 1 aliphatic rings. The van der Waals surface area contributed by atoms with Crippen molar-refractivity contribution in [3.8, 4) is 17.6 Å². The van der Waals surface area contributed by atoms with Gasteiger partial charge in [-0.1, -0.05) is 72.8 Å². The van der Waals surface area contributed by atoms with Crippen LogP contribution in [-0.2, 0) is 0 Å². The summed E-state index contributed by atoms with van der Waals surface area (Å²) in [6, 6.07) is 36.9. The molecule has 0 bridgehead atoms. The first kappa shape index (κ1) is 23.9. The third kappa shape index (κ3) is 5.10. The first-order valence-electron chi connectivity index (χ1n) is 12.1. The number of nitrogens with zero attached hydrogens (tertiary/aromatic N) is 3. The van der Waals surface area contributed by atoms with Gasteiger partial charge in [-0.15, -0.1) is 0 Å². The molecule has 1 unspecified atom stereocenters. The maximum atomic E-state index is 9.84. The van der Waals surface area contributed by atoms with Crippen molar-refractivity contribution in [1.82, 2.24) is 0 Å². The molecular formula is C32H27N3O2. The molecule has 5 nitrogen and oxygen atoms in total. The van der Waals surface area contributed by atoms with Gasteiger partial charge in [-0.25, -0.2) is 0 Å². The van der Waals surface area contributed by atoms with Crippen molar-refractivity contribution < 1.29 is 9.47 Å². The average Bonchev–Trinajstić information content (AvgIpc) is 3.42. The summed E-state index contributed by atoms with van der Waals surface area (Å²) < 4.78 is 10.7. The largest absolute Gasteiger partial charge is 0.493 e. The summed E-state index contributed by atoms with van der Waals surface area (Å²) >= 11 is 0. The van der Waals surface area contributed by atoms with E-state index in [-0.39, 0.29) is 6.04 Å². The van der Waals surface area contributed by atoms with Gasteiger partial charge in [0.2, 0.25) is 0 Å². The monoisotopic (exact) mass is 485 g/mol. The molecule has 0 saturated carbocycles. The Morgan fingerprint density at radius 2 is 1.54 bits per heavy atom. The normalized spacial score (nSPS) is 15.2. The summed E-state index contributed by atoms with van der Waals surface area (Å²) in [4.78, 5) is 0. The number of allylic oxidation sites excluding steroid dienone is 1. The number of hydrogen-bond acceptors (Lipinski definition) is 5. The van der Waals surface area contributed by atoms with Gasteiger partial charge in [0.25, 0.3) is 0 Å². The van der Waals surface area contributed by atoms with E-state index < -0.39 is 0 Å². The molecule has 0 fully saturated rings. The van der Waals surface area contributed by atoms with E-state index in [0.29, 0.717) is 17.1 Å². The number of ether oxygens (including phenoxy) is 2. The van der Waals surface area contributed by atoms with E-state index in [9.17, 15) is 5.26 Å². The third-order valence-electron chi connectivity index (χ3n) is 6.49. The standard InChI is InChI=1S/C32H27N3O2/c1-36-31-18-15-26(20-32(31)37-2)27(22-33)19-23-13-16-28(17-14-23)35-30(25-11-7-4-8-12-25)21-29(34-35)24-9-5-3-6-10-24/h3-20,30H,21H2,1-2H3/b27-19+. The second-order valence-electron chi connectivity index (χ2n) is 8.72. The van der Waals surface area contributed by atoms with E-state index in [2.05, 4.69) is 59.6 Å². The molecule has 37 heavy (non-hydrogen) atoms. The van der Waals surface area contributed by atoms with Crippen LogP contribution >= 0.6 is 0 Å². The SMILES string of the molecule is COc1ccc(/C(C#N)=C/c2ccc(N3N=C(c4ccccc4)CC3c3ccccc3)cc2)cc1OC. The first-order chi connectivity index (χ1) is 18.2. The van der Waals surface area contributed by atoms with Crippen molar-refractivity contribution in [3.05, 3.63) is 125 Å². The molecule has 4 aromatic rings. The maximum absolute atomic E-state index is 9.84. The zero-order valence-electron chi connectivity index (χ0n) is 20.8. The van der Waals surface area contributed by atoms with E-state index in [1.54, 1.807) is 14.2 Å². The molecule has 0 radical (unpaired) electrons. The molecule has 1 atom stereocenters. The molecule has 1 aliphatic heterocycles. The number of benzene rings is 4. The van der Waals surface area contributed by atoms with Gasteiger partial charge in [-0.2, -0.15) is 10.4 Å². The van der Waals surface area contributed by atoms with E-state index in [1.807, 2.05) is 60.7 Å². The molecule has 0 N–H and O–H groups in total. The first-order valence-corrected chi connectivity index (χ1v) is 12.1. The summed E-state index contributed by atoms with van der Waals surface area (Å²) in [5, 5.41) is 17.0. The van der Waals surface area contributed by atoms with E-state index in [4.69, 9.17) is 14.6 Å². The maximum Gasteiger partial charge on any atom is 0.161 e. The van der Waals surface area contributed by atoms with E-state index >= 15 is 0 Å². The van der Waals surface area contributed by atoms with Crippen LogP contribution in [0.15, 0.2) is 108 Å². The fraction of sp³-hybridized carbons (Fsp3) is 0.125. The van der Waals surface area contributed by atoms with Crippen LogP contribution in [0.25, 0.3) is 11.6 Å². The van der Waals surface area contributed by atoms with Gasteiger partial charge >= 0.3 is 0 Å². The van der Waals surface area contributed by atoms with Crippen molar-refractivity contribution in [1.29, 1.82) is 5.26 Å². The lowest BCUT2D eigenvalue weighted by Gasteiger charge is -2.24. The zero-order chi connectivity index (χ0) is 25.6. The molecule has 5 heteroatoms.